The van der Waals surface area contributed by atoms with E-state index in [4.69, 9.17) is 27.9 Å². The summed E-state index contributed by atoms with van der Waals surface area (Å²) in [5.74, 6) is 0.0781. The van der Waals surface area contributed by atoms with Gasteiger partial charge < -0.3 is 15.0 Å². The summed E-state index contributed by atoms with van der Waals surface area (Å²) in [6.45, 7) is 2.51. The van der Waals surface area contributed by atoms with Crippen molar-refractivity contribution in [3.8, 4) is 5.75 Å². The molecule has 1 atom stereocenters. The fourth-order valence-electron chi connectivity index (χ4n) is 4.44. The van der Waals surface area contributed by atoms with Gasteiger partial charge in [0.05, 0.1) is 0 Å². The fourth-order valence-corrected chi connectivity index (χ4v) is 4.91. The van der Waals surface area contributed by atoms with E-state index in [2.05, 4.69) is 12.2 Å². The first-order valence-corrected chi connectivity index (χ1v) is 13.9. The SMILES string of the molecule is CCCCNC(=O)C(Cc1ccccc1)N(Cc1ccc(Cl)cc1Cl)C(=O)COc1cccc2ccccc12. The summed E-state index contributed by atoms with van der Waals surface area (Å²) in [6, 6.07) is 27.6. The average molecular weight is 564 g/mol. The molecule has 0 aliphatic carbocycles. The van der Waals surface area contributed by atoms with Gasteiger partial charge in [-0.1, -0.05) is 109 Å². The molecule has 1 N–H and O–H groups in total. The van der Waals surface area contributed by atoms with Crippen molar-refractivity contribution in [2.75, 3.05) is 13.2 Å². The summed E-state index contributed by atoms with van der Waals surface area (Å²) in [5.41, 5.74) is 1.64. The van der Waals surface area contributed by atoms with Crippen LogP contribution < -0.4 is 10.1 Å². The van der Waals surface area contributed by atoms with Crippen LogP contribution in [0.15, 0.2) is 91.0 Å². The quantitative estimate of drug-likeness (QED) is 0.188. The number of carbonyl (C=O) groups is 2. The third-order valence-electron chi connectivity index (χ3n) is 6.56. The summed E-state index contributed by atoms with van der Waals surface area (Å²) in [5, 5.41) is 5.88. The number of ether oxygens (including phenoxy) is 1. The molecule has 202 valence electrons. The Morgan fingerprint density at radius 1 is 0.923 bits per heavy atom. The predicted octanol–water partition coefficient (Wildman–Crippen LogP) is 7.08. The molecule has 39 heavy (non-hydrogen) atoms. The van der Waals surface area contributed by atoms with E-state index in [1.54, 1.807) is 23.1 Å². The first kappa shape index (κ1) is 28.5. The standard InChI is InChI=1S/C32H32Cl2N2O3/c1-2-3-18-35-32(38)29(19-23-10-5-4-6-11-23)36(21-25-16-17-26(33)20-28(25)34)31(37)22-39-30-15-9-13-24-12-7-8-14-27(24)30/h4-17,20,29H,2-3,18-19,21-22H2,1H3,(H,35,38). The van der Waals surface area contributed by atoms with Crippen LogP contribution in [0.25, 0.3) is 10.8 Å². The summed E-state index contributed by atoms with van der Waals surface area (Å²) >= 11 is 12.6. The van der Waals surface area contributed by atoms with Gasteiger partial charge in [-0.3, -0.25) is 9.59 Å². The molecule has 7 heteroatoms. The minimum atomic E-state index is -0.764. The van der Waals surface area contributed by atoms with Crippen LogP contribution in [0.3, 0.4) is 0 Å². The molecule has 0 saturated heterocycles. The van der Waals surface area contributed by atoms with Crippen LogP contribution in [0.2, 0.25) is 10.0 Å². The predicted molar refractivity (Wildman–Crippen MR) is 158 cm³/mol. The smallest absolute Gasteiger partial charge is 0.261 e. The zero-order chi connectivity index (χ0) is 27.6. The van der Waals surface area contributed by atoms with E-state index in [-0.39, 0.29) is 25.0 Å². The van der Waals surface area contributed by atoms with Crippen LogP contribution in [0.1, 0.15) is 30.9 Å². The Balaban J connectivity index is 1.65. The maximum absolute atomic E-state index is 13.9. The van der Waals surface area contributed by atoms with Crippen LogP contribution in [0, 0.1) is 0 Å². The lowest BCUT2D eigenvalue weighted by molar-refractivity contribution is -0.142. The van der Waals surface area contributed by atoms with Crippen molar-refractivity contribution in [1.82, 2.24) is 10.2 Å². The number of halogens is 2. The number of rotatable bonds is 12. The minimum absolute atomic E-state index is 0.131. The monoisotopic (exact) mass is 562 g/mol. The van der Waals surface area contributed by atoms with Crippen molar-refractivity contribution in [1.29, 1.82) is 0 Å². The van der Waals surface area contributed by atoms with Gasteiger partial charge in [0.1, 0.15) is 11.8 Å². The van der Waals surface area contributed by atoms with Gasteiger partial charge in [-0.2, -0.15) is 0 Å². The van der Waals surface area contributed by atoms with Crippen LogP contribution in [0.5, 0.6) is 5.75 Å². The molecule has 0 aromatic heterocycles. The number of unbranched alkanes of at least 4 members (excludes halogenated alkanes) is 1. The summed E-state index contributed by atoms with van der Waals surface area (Å²) in [4.78, 5) is 29.0. The highest BCUT2D eigenvalue weighted by atomic mass is 35.5. The lowest BCUT2D eigenvalue weighted by Crippen LogP contribution is -2.51. The second kappa shape index (κ2) is 14.0. The van der Waals surface area contributed by atoms with Crippen LogP contribution in [-0.2, 0) is 22.6 Å². The van der Waals surface area contributed by atoms with E-state index in [1.807, 2.05) is 72.8 Å². The second-order valence-electron chi connectivity index (χ2n) is 9.37. The third kappa shape index (κ3) is 7.75. The first-order chi connectivity index (χ1) is 19.0. The number of fused-ring (bicyclic) bond motifs is 1. The number of carbonyl (C=O) groups excluding carboxylic acids is 2. The molecule has 4 aromatic carbocycles. The van der Waals surface area contributed by atoms with Gasteiger partial charge in [0, 0.05) is 34.9 Å². The average Bonchev–Trinajstić information content (AvgIpc) is 2.95. The van der Waals surface area contributed by atoms with Crippen LogP contribution in [-0.4, -0.2) is 35.9 Å². The second-order valence-corrected chi connectivity index (χ2v) is 10.2. The Kier molecular flexibility index (Phi) is 10.2. The Morgan fingerprint density at radius 3 is 2.44 bits per heavy atom. The number of benzene rings is 4. The highest BCUT2D eigenvalue weighted by molar-refractivity contribution is 6.35. The lowest BCUT2D eigenvalue weighted by atomic mass is 10.0. The molecule has 0 aliphatic rings. The molecule has 0 saturated carbocycles. The van der Waals surface area contributed by atoms with Gasteiger partial charge >= 0.3 is 0 Å². The number of nitrogens with zero attached hydrogens (tertiary/aromatic N) is 1. The highest BCUT2D eigenvalue weighted by Crippen LogP contribution is 2.27. The van der Waals surface area contributed by atoms with Gasteiger partial charge in [-0.25, -0.2) is 0 Å². The molecule has 1 unspecified atom stereocenters. The van der Waals surface area contributed by atoms with Crippen molar-refractivity contribution in [2.24, 2.45) is 0 Å². The number of hydrogen-bond donors (Lipinski definition) is 1. The van der Waals surface area contributed by atoms with Crippen molar-refractivity contribution < 1.29 is 14.3 Å². The van der Waals surface area contributed by atoms with E-state index in [9.17, 15) is 9.59 Å². The molecule has 4 aromatic rings. The minimum Gasteiger partial charge on any atom is -0.483 e. The zero-order valence-corrected chi connectivity index (χ0v) is 23.4. The topological polar surface area (TPSA) is 58.6 Å². The highest BCUT2D eigenvalue weighted by Gasteiger charge is 2.31. The van der Waals surface area contributed by atoms with Crippen molar-refractivity contribution in [3.05, 3.63) is 112 Å². The van der Waals surface area contributed by atoms with E-state index in [0.29, 0.717) is 34.3 Å². The molecular formula is C32H32Cl2N2O3. The fraction of sp³-hybridized carbons (Fsp3) is 0.250. The Labute approximate surface area is 239 Å². The molecule has 0 radical (unpaired) electrons. The maximum atomic E-state index is 13.9. The lowest BCUT2D eigenvalue weighted by Gasteiger charge is -2.32. The van der Waals surface area contributed by atoms with Gasteiger partial charge in [0.15, 0.2) is 6.61 Å². The molecule has 5 nitrogen and oxygen atoms in total. The molecular weight excluding hydrogens is 531 g/mol. The first-order valence-electron chi connectivity index (χ1n) is 13.1. The largest absolute Gasteiger partial charge is 0.483 e. The Bertz CT molecular complexity index is 1410. The van der Waals surface area contributed by atoms with E-state index in [1.165, 1.54) is 0 Å². The van der Waals surface area contributed by atoms with Gasteiger partial charge in [-0.05, 0) is 41.1 Å². The Hall–Kier alpha value is -3.54. The number of hydrogen-bond acceptors (Lipinski definition) is 3. The van der Waals surface area contributed by atoms with Gasteiger partial charge in [-0.15, -0.1) is 0 Å². The van der Waals surface area contributed by atoms with Crippen molar-refractivity contribution >= 4 is 45.8 Å². The van der Waals surface area contributed by atoms with Gasteiger partial charge in [0.25, 0.3) is 5.91 Å². The number of nitrogens with one attached hydrogen (secondary N) is 1. The van der Waals surface area contributed by atoms with E-state index in [0.717, 1.165) is 29.2 Å². The van der Waals surface area contributed by atoms with Crippen LogP contribution >= 0.6 is 23.2 Å². The molecule has 0 bridgehead atoms. The maximum Gasteiger partial charge on any atom is 0.261 e. The molecule has 0 fully saturated rings. The number of amides is 2. The van der Waals surface area contributed by atoms with Crippen molar-refractivity contribution in [3.63, 3.8) is 0 Å². The zero-order valence-electron chi connectivity index (χ0n) is 21.9. The van der Waals surface area contributed by atoms with Crippen LogP contribution in [0.4, 0.5) is 0 Å². The summed E-state index contributed by atoms with van der Waals surface area (Å²) in [7, 11) is 0. The Morgan fingerprint density at radius 2 is 1.67 bits per heavy atom. The summed E-state index contributed by atoms with van der Waals surface area (Å²) in [6.07, 6.45) is 2.15. The molecule has 4 rings (SSSR count). The van der Waals surface area contributed by atoms with Crippen molar-refractivity contribution in [2.45, 2.75) is 38.8 Å². The molecule has 0 spiro atoms. The van der Waals surface area contributed by atoms with E-state index >= 15 is 0 Å². The molecule has 0 aliphatic heterocycles. The summed E-state index contributed by atoms with van der Waals surface area (Å²) < 4.78 is 6.05. The molecule has 2 amide bonds. The van der Waals surface area contributed by atoms with Gasteiger partial charge in [0.2, 0.25) is 5.91 Å². The normalized spacial score (nSPS) is 11.7. The van der Waals surface area contributed by atoms with E-state index < -0.39 is 6.04 Å². The third-order valence-corrected chi connectivity index (χ3v) is 7.14. The molecule has 0 heterocycles.